The number of amides is 1. The van der Waals surface area contributed by atoms with Crippen LogP contribution in [0.25, 0.3) is 0 Å². The van der Waals surface area contributed by atoms with Crippen LogP contribution in [0.4, 0.5) is 5.69 Å². The van der Waals surface area contributed by atoms with Crippen LogP contribution in [0.2, 0.25) is 0 Å². The lowest BCUT2D eigenvalue weighted by Gasteiger charge is -2.11. The van der Waals surface area contributed by atoms with Gasteiger partial charge in [0.2, 0.25) is 0 Å². The van der Waals surface area contributed by atoms with Gasteiger partial charge in [0.15, 0.2) is 5.78 Å². The van der Waals surface area contributed by atoms with E-state index in [-0.39, 0.29) is 24.1 Å². The van der Waals surface area contributed by atoms with Gasteiger partial charge in [-0.3, -0.25) is 9.59 Å². The summed E-state index contributed by atoms with van der Waals surface area (Å²) in [5, 5.41) is 6.17. The topological polar surface area (TPSA) is 58.2 Å². The zero-order valence-corrected chi connectivity index (χ0v) is 14.1. The summed E-state index contributed by atoms with van der Waals surface area (Å²) in [7, 11) is 0. The van der Waals surface area contributed by atoms with Crippen LogP contribution in [0.15, 0.2) is 48.5 Å². The van der Waals surface area contributed by atoms with E-state index in [2.05, 4.69) is 10.6 Å². The third kappa shape index (κ3) is 5.20. The molecule has 0 fully saturated rings. The van der Waals surface area contributed by atoms with E-state index in [4.69, 9.17) is 0 Å². The summed E-state index contributed by atoms with van der Waals surface area (Å²) in [6.07, 6.45) is 0. The zero-order valence-electron chi connectivity index (χ0n) is 13.3. The largest absolute Gasteiger partial charge is 0.322 e. The van der Waals surface area contributed by atoms with Gasteiger partial charge in [-0.2, -0.15) is 0 Å². The smallest absolute Gasteiger partial charge is 0.255 e. The molecule has 2 rings (SSSR count). The van der Waals surface area contributed by atoms with Gasteiger partial charge in [0.1, 0.15) is 0 Å². The monoisotopic (exact) mass is 332 g/mol. The summed E-state index contributed by atoms with van der Waals surface area (Å²) >= 11 is 0. The Morgan fingerprint density at radius 2 is 1.57 bits per heavy atom. The predicted octanol–water partition coefficient (Wildman–Crippen LogP) is 3.67. The van der Waals surface area contributed by atoms with Crippen molar-refractivity contribution in [2.24, 2.45) is 0 Å². The Balaban J connectivity index is 0.00000264. The molecule has 122 valence electrons. The summed E-state index contributed by atoms with van der Waals surface area (Å²) in [4.78, 5) is 23.6. The number of ketones is 1. The molecule has 0 spiro atoms. The molecule has 2 aromatic carbocycles. The molecule has 4 nitrogen and oxygen atoms in total. The minimum Gasteiger partial charge on any atom is -0.322 e. The van der Waals surface area contributed by atoms with Gasteiger partial charge in [-0.15, -0.1) is 12.4 Å². The van der Waals surface area contributed by atoms with Crippen molar-refractivity contribution in [3.05, 3.63) is 65.2 Å². The number of carbonyl (C=O) groups excluding carboxylic acids is 2. The second-order valence-electron chi connectivity index (χ2n) is 5.03. The molecule has 23 heavy (non-hydrogen) atoms. The number of halogens is 1. The number of para-hydroxylation sites is 1. The van der Waals surface area contributed by atoms with Gasteiger partial charge < -0.3 is 10.6 Å². The molecule has 0 heterocycles. The summed E-state index contributed by atoms with van der Waals surface area (Å²) in [6.45, 7) is 5.12. The van der Waals surface area contributed by atoms with Gasteiger partial charge in [0, 0.05) is 23.4 Å². The first-order valence-corrected chi connectivity index (χ1v) is 7.32. The highest BCUT2D eigenvalue weighted by Gasteiger charge is 2.09. The van der Waals surface area contributed by atoms with Crippen molar-refractivity contribution in [2.45, 2.75) is 20.4 Å². The van der Waals surface area contributed by atoms with Gasteiger partial charge in [-0.25, -0.2) is 0 Å². The summed E-state index contributed by atoms with van der Waals surface area (Å²) < 4.78 is 0. The quantitative estimate of drug-likeness (QED) is 0.793. The SMILES string of the molecule is CCNCc1ccccc1NC(=O)c1ccc(C(C)=O)cc1.Cl. The summed E-state index contributed by atoms with van der Waals surface area (Å²) in [6, 6.07) is 14.4. The fourth-order valence-electron chi connectivity index (χ4n) is 2.11. The maximum atomic E-state index is 12.3. The average molecular weight is 333 g/mol. The van der Waals surface area contributed by atoms with Crippen molar-refractivity contribution in [3.8, 4) is 0 Å². The maximum Gasteiger partial charge on any atom is 0.255 e. The fraction of sp³-hybridized carbons (Fsp3) is 0.222. The minimum absolute atomic E-state index is 0. The Bertz CT molecular complexity index is 669. The van der Waals surface area contributed by atoms with E-state index in [1.165, 1.54) is 6.92 Å². The molecule has 0 bridgehead atoms. The van der Waals surface area contributed by atoms with Crippen molar-refractivity contribution < 1.29 is 9.59 Å². The second kappa shape index (κ2) is 9.08. The summed E-state index contributed by atoms with van der Waals surface area (Å²) in [5.41, 5.74) is 2.97. The van der Waals surface area contributed by atoms with Gasteiger partial charge in [0.25, 0.3) is 5.91 Å². The molecule has 0 aliphatic heterocycles. The highest BCUT2D eigenvalue weighted by molar-refractivity contribution is 6.05. The van der Waals surface area contributed by atoms with Crippen molar-refractivity contribution in [1.29, 1.82) is 0 Å². The third-order valence-electron chi connectivity index (χ3n) is 3.38. The van der Waals surface area contributed by atoms with E-state index < -0.39 is 0 Å². The van der Waals surface area contributed by atoms with Gasteiger partial charge in [-0.1, -0.05) is 37.3 Å². The molecular weight excluding hydrogens is 312 g/mol. The predicted molar refractivity (Wildman–Crippen MR) is 95.5 cm³/mol. The van der Waals surface area contributed by atoms with Crippen LogP contribution in [0.3, 0.4) is 0 Å². The number of nitrogens with one attached hydrogen (secondary N) is 2. The van der Waals surface area contributed by atoms with Crippen LogP contribution in [0.1, 0.15) is 40.1 Å². The van der Waals surface area contributed by atoms with Crippen molar-refractivity contribution >= 4 is 29.8 Å². The van der Waals surface area contributed by atoms with Gasteiger partial charge >= 0.3 is 0 Å². The summed E-state index contributed by atoms with van der Waals surface area (Å²) in [5.74, 6) is -0.193. The number of carbonyl (C=O) groups is 2. The van der Waals surface area contributed by atoms with E-state index in [1.54, 1.807) is 24.3 Å². The number of hydrogen-bond donors (Lipinski definition) is 2. The minimum atomic E-state index is -0.181. The van der Waals surface area contributed by atoms with Crippen molar-refractivity contribution in [1.82, 2.24) is 5.32 Å². The van der Waals surface area contributed by atoms with Crippen LogP contribution in [-0.2, 0) is 6.54 Å². The molecular formula is C18H21ClN2O2. The van der Waals surface area contributed by atoms with Crippen LogP contribution in [0.5, 0.6) is 0 Å². The first kappa shape index (κ1) is 18.9. The first-order valence-electron chi connectivity index (χ1n) is 7.32. The molecule has 0 aliphatic rings. The van der Waals surface area contributed by atoms with Gasteiger partial charge in [0.05, 0.1) is 0 Å². The fourth-order valence-corrected chi connectivity index (χ4v) is 2.11. The standard InChI is InChI=1S/C18H20N2O2.ClH/c1-3-19-12-16-6-4-5-7-17(16)20-18(22)15-10-8-14(9-11-15)13(2)21;/h4-11,19H,3,12H2,1-2H3,(H,20,22);1H. The molecule has 0 saturated heterocycles. The lowest BCUT2D eigenvalue weighted by Crippen LogP contribution is -2.17. The Labute approximate surface area is 142 Å². The maximum absolute atomic E-state index is 12.3. The first-order chi connectivity index (χ1) is 10.6. The Morgan fingerprint density at radius 3 is 2.17 bits per heavy atom. The molecule has 2 N–H and O–H groups in total. The molecule has 0 unspecified atom stereocenters. The Morgan fingerprint density at radius 1 is 0.957 bits per heavy atom. The molecule has 0 aliphatic carbocycles. The van der Waals surface area contributed by atoms with E-state index in [1.807, 2.05) is 31.2 Å². The Kier molecular flexibility index (Phi) is 7.45. The van der Waals surface area contributed by atoms with E-state index in [0.717, 1.165) is 17.8 Å². The number of benzene rings is 2. The third-order valence-corrected chi connectivity index (χ3v) is 3.38. The second-order valence-corrected chi connectivity index (χ2v) is 5.03. The molecule has 0 saturated carbocycles. The van der Waals surface area contributed by atoms with E-state index in [0.29, 0.717) is 17.7 Å². The highest BCUT2D eigenvalue weighted by Crippen LogP contribution is 2.16. The molecule has 1 amide bonds. The number of rotatable bonds is 6. The molecule has 0 atom stereocenters. The highest BCUT2D eigenvalue weighted by atomic mass is 35.5. The number of anilines is 1. The molecule has 0 aromatic heterocycles. The Hall–Kier alpha value is -2.17. The van der Waals surface area contributed by atoms with Crippen molar-refractivity contribution in [3.63, 3.8) is 0 Å². The average Bonchev–Trinajstić information content (AvgIpc) is 2.54. The van der Waals surface area contributed by atoms with E-state index >= 15 is 0 Å². The van der Waals surface area contributed by atoms with E-state index in [9.17, 15) is 9.59 Å². The lowest BCUT2D eigenvalue weighted by atomic mass is 10.1. The normalized spacial score (nSPS) is 9.83. The van der Waals surface area contributed by atoms with Crippen LogP contribution >= 0.6 is 12.4 Å². The molecule has 2 aromatic rings. The van der Waals surface area contributed by atoms with Crippen LogP contribution in [0, 0.1) is 0 Å². The lowest BCUT2D eigenvalue weighted by molar-refractivity contribution is 0.100. The van der Waals surface area contributed by atoms with Crippen LogP contribution < -0.4 is 10.6 Å². The number of Topliss-reactive ketones (excluding diaryl/α,β-unsaturated/α-hetero) is 1. The van der Waals surface area contributed by atoms with Crippen LogP contribution in [-0.4, -0.2) is 18.2 Å². The molecule has 0 radical (unpaired) electrons. The zero-order chi connectivity index (χ0) is 15.9. The number of hydrogen-bond acceptors (Lipinski definition) is 3. The molecule has 5 heteroatoms. The van der Waals surface area contributed by atoms with Gasteiger partial charge in [-0.05, 0) is 37.2 Å². The van der Waals surface area contributed by atoms with Crippen molar-refractivity contribution in [2.75, 3.05) is 11.9 Å².